The molecule has 0 bridgehead atoms. The van der Waals surface area contributed by atoms with E-state index in [0.717, 1.165) is 43.9 Å². The van der Waals surface area contributed by atoms with Crippen LogP contribution in [0.15, 0.2) is 18.2 Å². The first-order valence-electron chi connectivity index (χ1n) is 9.14. The molecule has 1 aromatic carbocycles. The molecule has 1 unspecified atom stereocenters. The lowest BCUT2D eigenvalue weighted by Crippen LogP contribution is -3.11. The lowest BCUT2D eigenvalue weighted by molar-refractivity contribution is -0.910. The van der Waals surface area contributed by atoms with Crippen molar-refractivity contribution in [2.45, 2.75) is 39.2 Å². The van der Waals surface area contributed by atoms with E-state index in [9.17, 15) is 4.79 Å². The largest absolute Gasteiger partial charge is 0.490 e. The predicted molar refractivity (Wildman–Crippen MR) is 92.6 cm³/mol. The van der Waals surface area contributed by atoms with E-state index in [4.69, 9.17) is 9.47 Å². The third-order valence-corrected chi connectivity index (χ3v) is 4.75. The van der Waals surface area contributed by atoms with Crippen LogP contribution in [0.3, 0.4) is 0 Å². The summed E-state index contributed by atoms with van der Waals surface area (Å²) in [6.07, 6.45) is 3.19. The number of likely N-dealkylation sites (tertiary alicyclic amines) is 1. The van der Waals surface area contributed by atoms with Crippen molar-refractivity contribution in [1.29, 1.82) is 0 Å². The van der Waals surface area contributed by atoms with Gasteiger partial charge < -0.3 is 19.7 Å². The van der Waals surface area contributed by atoms with Crippen molar-refractivity contribution < 1.29 is 19.2 Å². The lowest BCUT2D eigenvalue weighted by Gasteiger charge is -2.22. The van der Waals surface area contributed by atoms with Gasteiger partial charge in [-0.1, -0.05) is 13.8 Å². The van der Waals surface area contributed by atoms with Gasteiger partial charge in [0.2, 0.25) is 0 Å². The van der Waals surface area contributed by atoms with Crippen LogP contribution >= 0.6 is 0 Å². The highest BCUT2D eigenvalue weighted by atomic mass is 16.5. The molecule has 2 aliphatic heterocycles. The molecule has 132 valence electrons. The Balaban J connectivity index is 1.67. The van der Waals surface area contributed by atoms with Gasteiger partial charge in [0, 0.05) is 31.4 Å². The first kappa shape index (κ1) is 17.1. The van der Waals surface area contributed by atoms with Crippen molar-refractivity contribution in [3.8, 4) is 11.5 Å². The molecule has 0 saturated carbocycles. The van der Waals surface area contributed by atoms with Crippen molar-refractivity contribution in [1.82, 2.24) is 5.32 Å². The van der Waals surface area contributed by atoms with Gasteiger partial charge in [0.1, 0.15) is 6.04 Å². The minimum Gasteiger partial charge on any atom is -0.490 e. The molecule has 0 radical (unpaired) electrons. The van der Waals surface area contributed by atoms with Gasteiger partial charge in [0.15, 0.2) is 18.0 Å². The molecule has 2 heterocycles. The molecule has 1 fully saturated rings. The normalized spacial score (nSPS) is 23.1. The molecule has 1 saturated heterocycles. The van der Waals surface area contributed by atoms with E-state index in [0.29, 0.717) is 31.7 Å². The van der Waals surface area contributed by atoms with Crippen LogP contribution < -0.4 is 19.7 Å². The molecule has 2 N–H and O–H groups in total. The molecule has 1 amide bonds. The maximum absolute atomic E-state index is 12.2. The molecule has 3 rings (SSSR count). The van der Waals surface area contributed by atoms with Crippen LogP contribution in [-0.2, 0) is 4.79 Å². The Bertz CT molecular complexity index is 574. The zero-order valence-corrected chi connectivity index (χ0v) is 14.8. The molecule has 24 heavy (non-hydrogen) atoms. The first-order chi connectivity index (χ1) is 11.6. The number of benzene rings is 1. The highest BCUT2D eigenvalue weighted by molar-refractivity contribution is 5.76. The second kappa shape index (κ2) is 7.88. The Labute approximate surface area is 144 Å². The molecule has 2 atom stereocenters. The van der Waals surface area contributed by atoms with E-state index in [1.54, 1.807) is 0 Å². The van der Waals surface area contributed by atoms with Crippen molar-refractivity contribution in [2.75, 3.05) is 32.8 Å². The molecule has 2 aliphatic rings. The molecule has 5 heteroatoms. The number of carbonyl (C=O) groups is 1. The van der Waals surface area contributed by atoms with Crippen LogP contribution in [0, 0.1) is 5.92 Å². The number of rotatable bonds is 5. The fraction of sp³-hybridized carbons (Fsp3) is 0.632. The highest BCUT2D eigenvalue weighted by Gasteiger charge is 2.32. The Hall–Kier alpha value is -1.75. The van der Waals surface area contributed by atoms with Gasteiger partial charge in [0.05, 0.1) is 19.8 Å². The van der Waals surface area contributed by atoms with Gasteiger partial charge >= 0.3 is 0 Å². The van der Waals surface area contributed by atoms with Crippen molar-refractivity contribution in [3.05, 3.63) is 23.8 Å². The maximum Gasteiger partial charge on any atom is 0.275 e. The van der Waals surface area contributed by atoms with Crippen LogP contribution in [0.25, 0.3) is 0 Å². The fourth-order valence-electron chi connectivity index (χ4n) is 3.51. The number of hydrogen-bond acceptors (Lipinski definition) is 3. The van der Waals surface area contributed by atoms with E-state index in [2.05, 4.69) is 31.3 Å². The Morgan fingerprint density at radius 3 is 2.83 bits per heavy atom. The molecular formula is C19H29N2O3+. The molecule has 0 spiro atoms. The fourth-order valence-corrected chi connectivity index (χ4v) is 3.51. The monoisotopic (exact) mass is 333 g/mol. The summed E-state index contributed by atoms with van der Waals surface area (Å²) >= 11 is 0. The number of quaternary nitrogens is 1. The molecule has 5 nitrogen and oxygen atoms in total. The summed E-state index contributed by atoms with van der Waals surface area (Å²) in [6.45, 7) is 7.99. The van der Waals surface area contributed by atoms with Gasteiger partial charge in [-0.25, -0.2) is 0 Å². The van der Waals surface area contributed by atoms with Crippen LogP contribution in [0.5, 0.6) is 11.5 Å². The average Bonchev–Trinajstić information content (AvgIpc) is 2.88. The quantitative estimate of drug-likeness (QED) is 0.855. The number of hydrogen-bond donors (Lipinski definition) is 2. The topological polar surface area (TPSA) is 52.0 Å². The SMILES string of the molecule is CC(C)CNC(=O)C[NH+]1CCC[C@@H]1c1ccc2c(c1)OCCCO2. The second-order valence-corrected chi connectivity index (χ2v) is 7.23. The molecule has 0 aliphatic carbocycles. The summed E-state index contributed by atoms with van der Waals surface area (Å²) in [5, 5.41) is 3.03. The van der Waals surface area contributed by atoms with Crippen LogP contribution in [-0.4, -0.2) is 38.8 Å². The number of ether oxygens (including phenoxy) is 2. The number of fused-ring (bicyclic) bond motifs is 1. The van der Waals surface area contributed by atoms with Gasteiger partial charge in [-0.05, 0) is 24.1 Å². The summed E-state index contributed by atoms with van der Waals surface area (Å²) in [5.74, 6) is 2.32. The first-order valence-corrected chi connectivity index (χ1v) is 9.14. The van der Waals surface area contributed by atoms with Crippen LogP contribution in [0.2, 0.25) is 0 Å². The summed E-state index contributed by atoms with van der Waals surface area (Å²) in [5.41, 5.74) is 1.25. The Morgan fingerprint density at radius 2 is 2.04 bits per heavy atom. The summed E-state index contributed by atoms with van der Waals surface area (Å²) in [7, 11) is 0. The van der Waals surface area contributed by atoms with Crippen LogP contribution in [0.1, 0.15) is 44.7 Å². The zero-order valence-electron chi connectivity index (χ0n) is 14.8. The van der Waals surface area contributed by atoms with Crippen molar-refractivity contribution >= 4 is 5.91 Å². The van der Waals surface area contributed by atoms with Gasteiger partial charge in [-0.3, -0.25) is 4.79 Å². The van der Waals surface area contributed by atoms with E-state index < -0.39 is 0 Å². The van der Waals surface area contributed by atoms with E-state index in [-0.39, 0.29) is 5.91 Å². The van der Waals surface area contributed by atoms with Gasteiger partial charge in [-0.15, -0.1) is 0 Å². The second-order valence-electron chi connectivity index (χ2n) is 7.23. The van der Waals surface area contributed by atoms with Crippen molar-refractivity contribution in [3.63, 3.8) is 0 Å². The van der Waals surface area contributed by atoms with E-state index in [1.807, 2.05) is 6.07 Å². The smallest absolute Gasteiger partial charge is 0.275 e. The number of carbonyl (C=O) groups excluding carboxylic acids is 1. The van der Waals surface area contributed by atoms with Gasteiger partial charge in [0.25, 0.3) is 5.91 Å². The summed E-state index contributed by atoms with van der Waals surface area (Å²) in [6, 6.07) is 6.63. The Kier molecular flexibility index (Phi) is 5.61. The predicted octanol–water partition coefficient (Wildman–Crippen LogP) is 1.34. The third-order valence-electron chi connectivity index (χ3n) is 4.75. The van der Waals surface area contributed by atoms with E-state index in [1.165, 1.54) is 10.5 Å². The van der Waals surface area contributed by atoms with Crippen LogP contribution in [0.4, 0.5) is 0 Å². The Morgan fingerprint density at radius 1 is 1.25 bits per heavy atom. The maximum atomic E-state index is 12.2. The highest BCUT2D eigenvalue weighted by Crippen LogP contribution is 2.33. The standard InChI is InChI=1S/C19H28N2O3/c1-14(2)12-20-19(22)13-21-8-3-5-16(21)15-6-7-17-18(11-15)24-10-4-9-23-17/h6-7,11,14,16H,3-5,8-10,12-13H2,1-2H3,(H,20,22)/p+1/t16-/m1/s1. The number of nitrogens with one attached hydrogen (secondary N) is 2. The minimum atomic E-state index is 0.153. The lowest BCUT2D eigenvalue weighted by atomic mass is 10.0. The van der Waals surface area contributed by atoms with Crippen molar-refractivity contribution in [2.24, 2.45) is 5.92 Å². The minimum absolute atomic E-state index is 0.153. The molecular weight excluding hydrogens is 304 g/mol. The molecule has 0 aromatic heterocycles. The zero-order chi connectivity index (χ0) is 16.9. The van der Waals surface area contributed by atoms with E-state index >= 15 is 0 Å². The molecule has 1 aromatic rings. The number of amides is 1. The summed E-state index contributed by atoms with van der Waals surface area (Å²) in [4.78, 5) is 13.5. The van der Waals surface area contributed by atoms with Gasteiger partial charge in [-0.2, -0.15) is 0 Å². The summed E-state index contributed by atoms with van der Waals surface area (Å²) < 4.78 is 11.5. The average molecular weight is 333 g/mol. The third kappa shape index (κ3) is 4.20.